The monoisotopic (exact) mass is 346 g/mol. The normalized spacial score (nSPS) is 11.4. The number of sulfonamides is 1. The van der Waals surface area contributed by atoms with Crippen LogP contribution in [0.5, 0.6) is 0 Å². The third-order valence-corrected chi connectivity index (χ3v) is 5.06. The number of aromatic nitrogens is 3. The predicted molar refractivity (Wildman–Crippen MR) is 91.1 cm³/mol. The van der Waals surface area contributed by atoms with Crippen LogP contribution in [0.2, 0.25) is 0 Å². The maximum Gasteiger partial charge on any atom is 0.264 e. The largest absolute Gasteiger partial charge is 0.264 e. The first-order chi connectivity index (χ1) is 11.0. The summed E-state index contributed by atoms with van der Waals surface area (Å²) in [4.78, 5) is 4.87. The van der Waals surface area contributed by atoms with Crippen molar-refractivity contribution in [2.75, 3.05) is 4.72 Å². The number of aryl methyl sites for hydroxylation is 1. The highest BCUT2D eigenvalue weighted by Crippen LogP contribution is 2.21. The standard InChI is InChI=1S/C15H14N4O2S2/c1-10-7-8-12(9-13(10)22)23(20,21)19-15-16-14(17-18-15)11-5-3-2-4-6-11/h2-9,22H,1H3,(H2,16,17,18,19). The van der Waals surface area contributed by atoms with Crippen LogP contribution in [0.3, 0.4) is 0 Å². The van der Waals surface area contributed by atoms with Crippen LogP contribution in [-0.4, -0.2) is 23.6 Å². The summed E-state index contributed by atoms with van der Waals surface area (Å²) in [6.45, 7) is 1.85. The fourth-order valence-corrected chi connectivity index (χ4v) is 3.24. The van der Waals surface area contributed by atoms with Gasteiger partial charge in [-0.2, -0.15) is 4.98 Å². The smallest absolute Gasteiger partial charge is 0.257 e. The predicted octanol–water partition coefficient (Wildman–Crippen LogP) is 2.87. The molecule has 2 N–H and O–H groups in total. The third-order valence-electron chi connectivity index (χ3n) is 3.25. The minimum Gasteiger partial charge on any atom is -0.257 e. The zero-order valence-electron chi connectivity index (χ0n) is 12.2. The van der Waals surface area contributed by atoms with Crippen LogP contribution in [-0.2, 0) is 10.0 Å². The van der Waals surface area contributed by atoms with Gasteiger partial charge in [-0.25, -0.2) is 13.1 Å². The van der Waals surface area contributed by atoms with E-state index >= 15 is 0 Å². The molecule has 0 aliphatic rings. The van der Waals surface area contributed by atoms with Crippen LogP contribution in [0.1, 0.15) is 5.56 Å². The molecule has 0 aliphatic carbocycles. The highest BCUT2D eigenvalue weighted by atomic mass is 32.2. The third kappa shape index (κ3) is 3.38. The van der Waals surface area contributed by atoms with Crippen molar-refractivity contribution >= 4 is 28.6 Å². The van der Waals surface area contributed by atoms with Gasteiger partial charge in [0.25, 0.3) is 16.0 Å². The topological polar surface area (TPSA) is 87.7 Å². The van der Waals surface area contributed by atoms with Crippen molar-refractivity contribution in [2.24, 2.45) is 0 Å². The Morgan fingerprint density at radius 3 is 2.57 bits per heavy atom. The van der Waals surface area contributed by atoms with Crippen LogP contribution in [0, 0.1) is 6.92 Å². The van der Waals surface area contributed by atoms with Gasteiger partial charge < -0.3 is 0 Å². The Labute approximate surface area is 139 Å². The molecule has 0 atom stereocenters. The minimum atomic E-state index is -3.77. The second-order valence-electron chi connectivity index (χ2n) is 4.93. The van der Waals surface area contributed by atoms with E-state index in [1.165, 1.54) is 12.1 Å². The Bertz CT molecular complexity index is 937. The van der Waals surface area contributed by atoms with Gasteiger partial charge in [0, 0.05) is 10.5 Å². The molecule has 0 aliphatic heterocycles. The summed E-state index contributed by atoms with van der Waals surface area (Å²) >= 11 is 4.25. The van der Waals surface area contributed by atoms with Crippen molar-refractivity contribution in [3.05, 3.63) is 54.1 Å². The fraction of sp³-hybridized carbons (Fsp3) is 0.0667. The molecule has 23 heavy (non-hydrogen) atoms. The van der Waals surface area contributed by atoms with E-state index in [1.807, 2.05) is 37.3 Å². The molecular formula is C15H14N4O2S2. The van der Waals surface area contributed by atoms with E-state index in [-0.39, 0.29) is 10.8 Å². The second kappa shape index (κ2) is 6.05. The highest BCUT2D eigenvalue weighted by molar-refractivity contribution is 7.92. The molecule has 0 amide bonds. The molecule has 0 bridgehead atoms. The van der Waals surface area contributed by atoms with Crippen molar-refractivity contribution < 1.29 is 8.42 Å². The average molecular weight is 346 g/mol. The SMILES string of the molecule is Cc1ccc(S(=O)(=O)Nc2n[nH]c(-c3ccccc3)n2)cc1S. The van der Waals surface area contributed by atoms with Gasteiger partial charge in [-0.3, -0.25) is 5.10 Å². The number of thiol groups is 1. The lowest BCUT2D eigenvalue weighted by Crippen LogP contribution is -2.14. The maximum absolute atomic E-state index is 12.4. The van der Waals surface area contributed by atoms with Crippen molar-refractivity contribution in [1.82, 2.24) is 15.2 Å². The molecule has 0 spiro atoms. The van der Waals surface area contributed by atoms with Crippen molar-refractivity contribution in [3.63, 3.8) is 0 Å². The van der Waals surface area contributed by atoms with Crippen LogP contribution in [0.25, 0.3) is 11.4 Å². The molecule has 0 saturated heterocycles. The van der Waals surface area contributed by atoms with E-state index in [2.05, 4.69) is 32.5 Å². The molecule has 118 valence electrons. The molecule has 0 unspecified atom stereocenters. The van der Waals surface area contributed by atoms with E-state index < -0.39 is 10.0 Å². The molecule has 3 rings (SSSR count). The Morgan fingerprint density at radius 1 is 1.13 bits per heavy atom. The van der Waals surface area contributed by atoms with Crippen molar-refractivity contribution in [3.8, 4) is 11.4 Å². The first-order valence-electron chi connectivity index (χ1n) is 6.76. The number of nitrogens with one attached hydrogen (secondary N) is 2. The number of nitrogens with zero attached hydrogens (tertiary/aromatic N) is 2. The number of rotatable bonds is 4. The van der Waals surface area contributed by atoms with E-state index in [0.717, 1.165) is 11.1 Å². The van der Waals surface area contributed by atoms with E-state index in [9.17, 15) is 8.42 Å². The van der Waals surface area contributed by atoms with Crippen molar-refractivity contribution in [1.29, 1.82) is 0 Å². The Balaban J connectivity index is 1.86. The number of H-pyrrole nitrogens is 1. The first kappa shape index (κ1) is 15.6. The van der Waals surface area contributed by atoms with Gasteiger partial charge in [-0.15, -0.1) is 17.7 Å². The summed E-state index contributed by atoms with van der Waals surface area (Å²) in [6.07, 6.45) is 0. The van der Waals surface area contributed by atoms with Gasteiger partial charge in [0.2, 0.25) is 0 Å². The Hall–Kier alpha value is -2.32. The molecule has 2 aromatic carbocycles. The van der Waals surface area contributed by atoms with Gasteiger partial charge in [-0.05, 0) is 24.6 Å². The molecule has 1 aromatic heterocycles. The van der Waals surface area contributed by atoms with Crippen LogP contribution < -0.4 is 4.72 Å². The Morgan fingerprint density at radius 2 is 1.87 bits per heavy atom. The fourth-order valence-electron chi connectivity index (χ4n) is 1.97. The minimum absolute atomic E-state index is 0.00913. The van der Waals surface area contributed by atoms with Gasteiger partial charge in [0.1, 0.15) is 0 Å². The zero-order valence-corrected chi connectivity index (χ0v) is 13.9. The number of anilines is 1. The summed E-state index contributed by atoms with van der Waals surface area (Å²) in [5.74, 6) is 0.479. The number of benzene rings is 2. The van der Waals surface area contributed by atoms with Crippen LogP contribution in [0.4, 0.5) is 5.95 Å². The van der Waals surface area contributed by atoms with Gasteiger partial charge in [0.15, 0.2) is 5.82 Å². The Kier molecular flexibility index (Phi) is 4.10. The summed E-state index contributed by atoms with van der Waals surface area (Å²) in [6, 6.07) is 14.0. The number of hydrogen-bond acceptors (Lipinski definition) is 5. The van der Waals surface area contributed by atoms with E-state index in [0.29, 0.717) is 10.7 Å². The lowest BCUT2D eigenvalue weighted by molar-refractivity contribution is 0.600. The highest BCUT2D eigenvalue weighted by Gasteiger charge is 2.17. The molecule has 0 fully saturated rings. The van der Waals surface area contributed by atoms with Gasteiger partial charge in [-0.1, -0.05) is 36.4 Å². The average Bonchev–Trinajstić information content (AvgIpc) is 2.98. The van der Waals surface area contributed by atoms with Gasteiger partial charge >= 0.3 is 0 Å². The molecule has 8 heteroatoms. The van der Waals surface area contributed by atoms with Crippen LogP contribution in [0.15, 0.2) is 58.3 Å². The van der Waals surface area contributed by atoms with Gasteiger partial charge in [0.05, 0.1) is 4.90 Å². The molecule has 0 saturated carbocycles. The quantitative estimate of drug-likeness (QED) is 0.634. The van der Waals surface area contributed by atoms with Crippen LogP contribution >= 0.6 is 12.6 Å². The zero-order chi connectivity index (χ0) is 16.4. The van der Waals surface area contributed by atoms with E-state index in [4.69, 9.17) is 0 Å². The number of hydrogen-bond donors (Lipinski definition) is 3. The molecule has 0 radical (unpaired) electrons. The summed E-state index contributed by atoms with van der Waals surface area (Å²) < 4.78 is 27.1. The number of aromatic amines is 1. The summed E-state index contributed by atoms with van der Waals surface area (Å²) in [5, 5.41) is 6.61. The molecule has 3 aromatic rings. The maximum atomic E-state index is 12.4. The summed E-state index contributed by atoms with van der Waals surface area (Å²) in [7, 11) is -3.77. The second-order valence-corrected chi connectivity index (χ2v) is 7.09. The molecular weight excluding hydrogens is 332 g/mol. The summed E-state index contributed by atoms with van der Waals surface area (Å²) in [5.41, 5.74) is 1.72. The first-order valence-corrected chi connectivity index (χ1v) is 8.69. The molecule has 6 nitrogen and oxygen atoms in total. The van der Waals surface area contributed by atoms with Crippen molar-refractivity contribution in [2.45, 2.75) is 16.7 Å². The van der Waals surface area contributed by atoms with E-state index in [1.54, 1.807) is 6.07 Å². The molecule has 1 heterocycles. The lowest BCUT2D eigenvalue weighted by atomic mass is 10.2. The lowest BCUT2D eigenvalue weighted by Gasteiger charge is -2.06.